The van der Waals surface area contributed by atoms with Gasteiger partial charge >= 0.3 is 5.97 Å². The van der Waals surface area contributed by atoms with Crippen molar-refractivity contribution in [1.82, 2.24) is 0 Å². The van der Waals surface area contributed by atoms with Crippen molar-refractivity contribution in [1.29, 1.82) is 0 Å². The second kappa shape index (κ2) is 8.53. The fourth-order valence-electron chi connectivity index (χ4n) is 3.19. The summed E-state index contributed by atoms with van der Waals surface area (Å²) in [6, 6.07) is 10.4. The van der Waals surface area contributed by atoms with Crippen LogP contribution in [0.25, 0.3) is 0 Å². The predicted molar refractivity (Wildman–Crippen MR) is 109 cm³/mol. The molecule has 3 rings (SSSR count). The van der Waals surface area contributed by atoms with Crippen molar-refractivity contribution < 1.29 is 23.9 Å². The first-order chi connectivity index (χ1) is 13.8. The Bertz CT molecular complexity index is 952. The molecule has 29 heavy (non-hydrogen) atoms. The molecule has 0 saturated carbocycles. The van der Waals surface area contributed by atoms with Crippen LogP contribution < -0.4 is 15.0 Å². The topological polar surface area (TPSA) is 84.9 Å². The van der Waals surface area contributed by atoms with Gasteiger partial charge in [-0.05, 0) is 56.2 Å². The number of ether oxygens (including phenoxy) is 2. The van der Waals surface area contributed by atoms with Crippen molar-refractivity contribution in [2.24, 2.45) is 0 Å². The minimum absolute atomic E-state index is 0.141. The van der Waals surface area contributed by atoms with Gasteiger partial charge in [0.25, 0.3) is 5.91 Å². The van der Waals surface area contributed by atoms with Crippen LogP contribution >= 0.6 is 11.6 Å². The number of anilines is 2. The molecule has 0 aliphatic carbocycles. The molecule has 2 amide bonds. The van der Waals surface area contributed by atoms with Gasteiger partial charge in [0, 0.05) is 5.02 Å². The van der Waals surface area contributed by atoms with Crippen LogP contribution in [-0.4, -0.2) is 37.0 Å². The van der Waals surface area contributed by atoms with E-state index in [4.69, 9.17) is 21.1 Å². The number of hydrogen-bond donors (Lipinski definition) is 1. The van der Waals surface area contributed by atoms with Gasteiger partial charge in [-0.2, -0.15) is 0 Å². The van der Waals surface area contributed by atoms with Crippen molar-refractivity contribution in [2.45, 2.75) is 26.9 Å². The number of nitrogens with one attached hydrogen (secondary N) is 1. The minimum Gasteiger partial charge on any atom is -0.481 e. The first-order valence-corrected chi connectivity index (χ1v) is 9.43. The lowest BCUT2D eigenvalue weighted by molar-refractivity contribution is -0.155. The summed E-state index contributed by atoms with van der Waals surface area (Å²) >= 11 is 5.99. The number of carbonyl (C=O) groups excluding carboxylic acids is 3. The first-order valence-electron chi connectivity index (χ1n) is 9.05. The number of halogens is 1. The number of amides is 2. The molecular weight excluding hydrogens is 396 g/mol. The average Bonchev–Trinajstić information content (AvgIpc) is 2.65. The molecule has 152 valence electrons. The van der Waals surface area contributed by atoms with Crippen LogP contribution in [0.5, 0.6) is 5.75 Å². The normalized spacial score (nSPS) is 13.9. The Morgan fingerprint density at radius 2 is 1.86 bits per heavy atom. The molecule has 7 nitrogen and oxygen atoms in total. The molecule has 0 radical (unpaired) electrons. The summed E-state index contributed by atoms with van der Waals surface area (Å²) < 4.78 is 10.8. The average molecular weight is 417 g/mol. The van der Waals surface area contributed by atoms with Crippen LogP contribution in [0.2, 0.25) is 5.02 Å². The Morgan fingerprint density at radius 3 is 2.55 bits per heavy atom. The Balaban J connectivity index is 1.63. The maximum atomic E-state index is 12.8. The van der Waals surface area contributed by atoms with E-state index >= 15 is 0 Å². The Labute approximate surface area is 173 Å². The minimum atomic E-state index is -1.07. The van der Waals surface area contributed by atoms with E-state index in [-0.39, 0.29) is 19.1 Å². The summed E-state index contributed by atoms with van der Waals surface area (Å²) in [5.74, 6) is -0.937. The van der Waals surface area contributed by atoms with E-state index in [1.807, 2.05) is 13.8 Å². The van der Waals surface area contributed by atoms with Crippen LogP contribution in [0.1, 0.15) is 18.1 Å². The monoisotopic (exact) mass is 416 g/mol. The third-order valence-electron chi connectivity index (χ3n) is 4.45. The number of fused-ring (bicyclic) bond motifs is 1. The maximum absolute atomic E-state index is 12.8. The predicted octanol–water partition coefficient (Wildman–Crippen LogP) is 3.25. The first kappa shape index (κ1) is 20.7. The van der Waals surface area contributed by atoms with Crippen LogP contribution in [0, 0.1) is 13.8 Å². The van der Waals surface area contributed by atoms with Gasteiger partial charge in [0.2, 0.25) is 5.91 Å². The molecule has 1 aliphatic rings. The highest BCUT2D eigenvalue weighted by Gasteiger charge is 2.31. The van der Waals surface area contributed by atoms with Gasteiger partial charge in [-0.3, -0.25) is 14.5 Å². The SMILES string of the molecule is Cc1cc(Cl)cc(C)c1OCC(=O)O[C@@H](C)C(=O)N1CC(=O)Nc2ccccc21. The van der Waals surface area contributed by atoms with E-state index in [0.29, 0.717) is 22.1 Å². The smallest absolute Gasteiger partial charge is 0.344 e. The second-order valence-electron chi connectivity index (χ2n) is 6.78. The summed E-state index contributed by atoms with van der Waals surface area (Å²) in [7, 11) is 0. The fourth-order valence-corrected chi connectivity index (χ4v) is 3.51. The molecule has 2 aromatic rings. The van der Waals surface area contributed by atoms with Crippen molar-refractivity contribution in [2.75, 3.05) is 23.4 Å². The lowest BCUT2D eigenvalue weighted by atomic mass is 10.1. The van der Waals surface area contributed by atoms with Gasteiger partial charge in [-0.15, -0.1) is 0 Å². The molecule has 0 unspecified atom stereocenters. The lowest BCUT2D eigenvalue weighted by Gasteiger charge is -2.30. The van der Waals surface area contributed by atoms with E-state index in [2.05, 4.69) is 5.32 Å². The van der Waals surface area contributed by atoms with Crippen LogP contribution in [-0.2, 0) is 19.1 Å². The van der Waals surface area contributed by atoms with Gasteiger partial charge in [-0.25, -0.2) is 4.79 Å². The fraction of sp³-hybridized carbons (Fsp3) is 0.286. The molecule has 0 bridgehead atoms. The summed E-state index contributed by atoms with van der Waals surface area (Å²) in [6.07, 6.45) is -1.07. The van der Waals surface area contributed by atoms with Gasteiger partial charge < -0.3 is 14.8 Å². The van der Waals surface area contributed by atoms with Crippen molar-refractivity contribution in [3.8, 4) is 5.75 Å². The highest BCUT2D eigenvalue weighted by Crippen LogP contribution is 2.30. The standard InChI is InChI=1S/C21H21ClN2O5/c1-12-8-15(22)9-13(2)20(12)28-11-19(26)29-14(3)21(27)24-10-18(25)23-16-6-4-5-7-17(16)24/h4-9,14H,10-11H2,1-3H3,(H,23,25)/t14-/m0/s1. The molecule has 0 saturated heterocycles. The largest absolute Gasteiger partial charge is 0.481 e. The zero-order chi connectivity index (χ0) is 21.1. The van der Waals surface area contributed by atoms with Crippen molar-refractivity contribution in [3.63, 3.8) is 0 Å². The Kier molecular flexibility index (Phi) is 6.08. The van der Waals surface area contributed by atoms with Gasteiger partial charge in [0.1, 0.15) is 12.3 Å². The number of carbonyl (C=O) groups is 3. The van der Waals surface area contributed by atoms with E-state index in [1.54, 1.807) is 36.4 Å². The van der Waals surface area contributed by atoms with E-state index in [0.717, 1.165) is 11.1 Å². The van der Waals surface area contributed by atoms with Gasteiger partial charge in [-0.1, -0.05) is 23.7 Å². The number of hydrogen-bond acceptors (Lipinski definition) is 5. The lowest BCUT2D eigenvalue weighted by Crippen LogP contribution is -2.47. The van der Waals surface area contributed by atoms with E-state index in [1.165, 1.54) is 11.8 Å². The maximum Gasteiger partial charge on any atom is 0.344 e. The quantitative estimate of drug-likeness (QED) is 0.756. The highest BCUT2D eigenvalue weighted by molar-refractivity contribution is 6.30. The molecular formula is C21H21ClN2O5. The van der Waals surface area contributed by atoms with E-state index < -0.39 is 18.0 Å². The Morgan fingerprint density at radius 1 is 1.21 bits per heavy atom. The molecule has 1 N–H and O–H groups in total. The number of aryl methyl sites for hydroxylation is 2. The third kappa shape index (κ3) is 4.68. The molecule has 1 heterocycles. The number of esters is 1. The summed E-state index contributed by atoms with van der Waals surface area (Å²) in [5.41, 5.74) is 2.68. The van der Waals surface area contributed by atoms with Gasteiger partial charge in [0.05, 0.1) is 11.4 Å². The molecule has 0 aromatic heterocycles. The molecule has 0 fully saturated rings. The van der Waals surface area contributed by atoms with Crippen molar-refractivity contribution in [3.05, 3.63) is 52.5 Å². The molecule has 8 heteroatoms. The van der Waals surface area contributed by atoms with Crippen molar-refractivity contribution >= 4 is 40.8 Å². The second-order valence-corrected chi connectivity index (χ2v) is 7.22. The number of para-hydroxylation sites is 2. The van der Waals surface area contributed by atoms with Gasteiger partial charge in [0.15, 0.2) is 12.7 Å². The molecule has 0 spiro atoms. The molecule has 1 atom stereocenters. The zero-order valence-corrected chi connectivity index (χ0v) is 17.1. The van der Waals surface area contributed by atoms with Crippen LogP contribution in [0.15, 0.2) is 36.4 Å². The van der Waals surface area contributed by atoms with E-state index in [9.17, 15) is 14.4 Å². The molecule has 2 aromatic carbocycles. The number of rotatable bonds is 5. The van der Waals surface area contributed by atoms with Crippen LogP contribution in [0.3, 0.4) is 0 Å². The number of nitrogens with zero attached hydrogens (tertiary/aromatic N) is 1. The summed E-state index contributed by atoms with van der Waals surface area (Å²) in [4.78, 5) is 38.2. The summed E-state index contributed by atoms with van der Waals surface area (Å²) in [6.45, 7) is 4.62. The Hall–Kier alpha value is -3.06. The number of benzene rings is 2. The summed E-state index contributed by atoms with van der Waals surface area (Å²) in [5, 5.41) is 3.29. The highest BCUT2D eigenvalue weighted by atomic mass is 35.5. The third-order valence-corrected chi connectivity index (χ3v) is 4.67. The zero-order valence-electron chi connectivity index (χ0n) is 16.3. The molecule has 1 aliphatic heterocycles. The van der Waals surface area contributed by atoms with Crippen LogP contribution in [0.4, 0.5) is 11.4 Å².